The van der Waals surface area contributed by atoms with Gasteiger partial charge in [-0.05, 0) is 19.4 Å². The molecule has 4 nitrogen and oxygen atoms in total. The van der Waals surface area contributed by atoms with E-state index in [-0.39, 0.29) is 12.0 Å². The van der Waals surface area contributed by atoms with E-state index in [9.17, 15) is 4.79 Å². The van der Waals surface area contributed by atoms with Gasteiger partial charge in [-0.3, -0.25) is 4.79 Å². The molecule has 1 aliphatic heterocycles. The molecule has 1 heterocycles. The minimum absolute atomic E-state index is 0.0612. The first kappa shape index (κ1) is 14.3. The van der Waals surface area contributed by atoms with Gasteiger partial charge < -0.3 is 9.74 Å². The van der Waals surface area contributed by atoms with Crippen molar-refractivity contribution in [2.75, 3.05) is 13.1 Å². The van der Waals surface area contributed by atoms with Crippen LogP contribution in [0.5, 0.6) is 0 Å². The van der Waals surface area contributed by atoms with Crippen LogP contribution in [0, 0.1) is 0 Å². The van der Waals surface area contributed by atoms with Crippen molar-refractivity contribution in [1.29, 1.82) is 0 Å². The summed E-state index contributed by atoms with van der Waals surface area (Å²) >= 11 is 0. The first-order chi connectivity index (χ1) is 9.61. The summed E-state index contributed by atoms with van der Waals surface area (Å²) < 4.78 is 0. The molecule has 20 heavy (non-hydrogen) atoms. The fourth-order valence-corrected chi connectivity index (χ4v) is 2.19. The highest BCUT2D eigenvalue weighted by Gasteiger charge is 2.29. The van der Waals surface area contributed by atoms with Crippen LogP contribution in [0.1, 0.15) is 31.9 Å². The van der Waals surface area contributed by atoms with E-state index in [1.54, 1.807) is 4.90 Å². The van der Waals surface area contributed by atoms with Crippen molar-refractivity contribution in [3.8, 4) is 0 Å². The van der Waals surface area contributed by atoms with Gasteiger partial charge in [-0.2, -0.15) is 0 Å². The maximum atomic E-state index is 12.4. The molecule has 0 radical (unpaired) electrons. The number of rotatable bonds is 5. The quantitative estimate of drug-likeness (QED) is 0.773. The molecule has 1 aromatic rings. The van der Waals surface area contributed by atoms with E-state index in [1.807, 2.05) is 44.2 Å². The van der Waals surface area contributed by atoms with Crippen molar-refractivity contribution in [3.05, 3.63) is 48.0 Å². The van der Waals surface area contributed by atoms with Gasteiger partial charge in [-0.25, -0.2) is 0 Å². The summed E-state index contributed by atoms with van der Waals surface area (Å²) in [5.41, 5.74) is 2.49. The summed E-state index contributed by atoms with van der Waals surface area (Å²) in [5, 5.41) is 3.97. The molecule has 0 aromatic heterocycles. The highest BCUT2D eigenvalue weighted by molar-refractivity contribution is 6.39. The van der Waals surface area contributed by atoms with Crippen LogP contribution >= 0.6 is 0 Å². The Morgan fingerprint density at radius 3 is 2.75 bits per heavy atom. The van der Waals surface area contributed by atoms with E-state index in [0.29, 0.717) is 25.2 Å². The van der Waals surface area contributed by atoms with Crippen LogP contribution in [0.2, 0.25) is 0 Å². The van der Waals surface area contributed by atoms with Crippen LogP contribution in [-0.2, 0) is 9.63 Å². The molecular formula is C16H20N2O2. The summed E-state index contributed by atoms with van der Waals surface area (Å²) in [7, 11) is 0. The van der Waals surface area contributed by atoms with Crippen LogP contribution in [-0.4, -0.2) is 29.6 Å². The predicted octanol–water partition coefficient (Wildman–Crippen LogP) is 2.93. The van der Waals surface area contributed by atoms with Gasteiger partial charge in [0.05, 0.1) is 0 Å². The molecule has 0 bridgehead atoms. The molecule has 0 saturated carbocycles. The Bertz CT molecular complexity index is 523. The van der Waals surface area contributed by atoms with Gasteiger partial charge in [0, 0.05) is 19.5 Å². The van der Waals surface area contributed by atoms with Crippen molar-refractivity contribution >= 4 is 11.6 Å². The molecule has 1 aromatic carbocycles. The number of likely N-dealkylation sites (N-methyl/N-ethyl adjacent to an activating group) is 1. The molecule has 0 spiro atoms. The zero-order valence-electron chi connectivity index (χ0n) is 12.0. The van der Waals surface area contributed by atoms with E-state index in [2.05, 4.69) is 11.7 Å². The summed E-state index contributed by atoms with van der Waals surface area (Å²) in [6.07, 6.45) is 0.369. The van der Waals surface area contributed by atoms with Crippen LogP contribution in [0.3, 0.4) is 0 Å². The fourth-order valence-electron chi connectivity index (χ4n) is 2.19. The number of carbonyl (C=O) groups is 1. The van der Waals surface area contributed by atoms with E-state index in [0.717, 1.165) is 11.1 Å². The molecule has 0 fully saturated rings. The second-order valence-electron chi connectivity index (χ2n) is 5.02. The number of nitrogens with zero attached hydrogens (tertiary/aromatic N) is 2. The molecule has 0 aliphatic carbocycles. The first-order valence-electron chi connectivity index (χ1n) is 6.83. The highest BCUT2D eigenvalue weighted by Crippen LogP contribution is 2.27. The van der Waals surface area contributed by atoms with Gasteiger partial charge in [-0.15, -0.1) is 0 Å². The van der Waals surface area contributed by atoms with Gasteiger partial charge in [0.2, 0.25) is 0 Å². The molecule has 2 rings (SSSR count). The zero-order chi connectivity index (χ0) is 14.5. The van der Waals surface area contributed by atoms with E-state index < -0.39 is 0 Å². The summed E-state index contributed by atoms with van der Waals surface area (Å²) in [4.78, 5) is 19.5. The second kappa shape index (κ2) is 6.37. The molecule has 0 unspecified atom stereocenters. The topological polar surface area (TPSA) is 41.9 Å². The lowest BCUT2D eigenvalue weighted by molar-refractivity contribution is -0.123. The molecular weight excluding hydrogens is 252 g/mol. The predicted molar refractivity (Wildman–Crippen MR) is 79.4 cm³/mol. The Morgan fingerprint density at radius 2 is 2.15 bits per heavy atom. The standard InChI is InChI=1S/C16H20N2O2/c1-4-18(11-12(2)3)16(19)14-10-15(20-17-14)13-8-6-5-7-9-13/h5-9,15H,2,4,10-11H2,1,3H3/t15-/m0/s1. The molecule has 4 heteroatoms. The van der Waals surface area contributed by atoms with Crippen LogP contribution in [0.4, 0.5) is 0 Å². The van der Waals surface area contributed by atoms with E-state index in [1.165, 1.54) is 0 Å². The third-order valence-corrected chi connectivity index (χ3v) is 3.22. The van der Waals surface area contributed by atoms with Crippen molar-refractivity contribution < 1.29 is 9.63 Å². The summed E-state index contributed by atoms with van der Waals surface area (Å²) in [5.74, 6) is -0.0612. The minimum atomic E-state index is -0.154. The lowest BCUT2D eigenvalue weighted by Gasteiger charge is -2.20. The number of oxime groups is 1. The number of carbonyl (C=O) groups excluding carboxylic acids is 1. The molecule has 106 valence electrons. The average molecular weight is 272 g/mol. The zero-order valence-corrected chi connectivity index (χ0v) is 12.0. The molecule has 0 saturated heterocycles. The van der Waals surface area contributed by atoms with Crippen molar-refractivity contribution in [2.45, 2.75) is 26.4 Å². The van der Waals surface area contributed by atoms with Gasteiger partial charge in [0.25, 0.3) is 5.91 Å². The molecule has 1 atom stereocenters. The SMILES string of the molecule is C=C(C)CN(CC)C(=O)C1=NO[C@H](c2ccccc2)C1. The Kier molecular flexibility index (Phi) is 4.56. The highest BCUT2D eigenvalue weighted by atomic mass is 16.6. The van der Waals surface area contributed by atoms with Crippen molar-refractivity contribution in [3.63, 3.8) is 0 Å². The van der Waals surface area contributed by atoms with Gasteiger partial charge in [0.1, 0.15) is 5.71 Å². The number of hydrogen-bond donors (Lipinski definition) is 0. The average Bonchev–Trinajstić information content (AvgIpc) is 2.94. The maximum absolute atomic E-state index is 12.4. The summed E-state index contributed by atoms with van der Waals surface area (Å²) in [6.45, 7) is 8.91. The van der Waals surface area contributed by atoms with E-state index in [4.69, 9.17) is 4.84 Å². The lowest BCUT2D eigenvalue weighted by atomic mass is 10.0. The van der Waals surface area contributed by atoms with Gasteiger partial charge in [0.15, 0.2) is 6.10 Å². The number of hydrogen-bond acceptors (Lipinski definition) is 3. The van der Waals surface area contributed by atoms with Crippen molar-refractivity contribution in [2.24, 2.45) is 5.16 Å². The third-order valence-electron chi connectivity index (χ3n) is 3.22. The van der Waals surface area contributed by atoms with E-state index >= 15 is 0 Å². The van der Waals surface area contributed by atoms with Crippen LogP contribution in [0.25, 0.3) is 0 Å². The fraction of sp³-hybridized carbons (Fsp3) is 0.375. The maximum Gasteiger partial charge on any atom is 0.272 e. The normalized spacial score (nSPS) is 17.3. The van der Waals surface area contributed by atoms with Crippen LogP contribution < -0.4 is 0 Å². The minimum Gasteiger partial charge on any atom is -0.387 e. The Labute approximate surface area is 119 Å². The van der Waals surface area contributed by atoms with Gasteiger partial charge >= 0.3 is 0 Å². The lowest BCUT2D eigenvalue weighted by Crippen LogP contribution is -2.37. The molecule has 1 aliphatic rings. The Balaban J connectivity index is 2.01. The second-order valence-corrected chi connectivity index (χ2v) is 5.02. The Morgan fingerprint density at radius 1 is 1.45 bits per heavy atom. The van der Waals surface area contributed by atoms with Crippen LogP contribution in [0.15, 0.2) is 47.6 Å². The monoisotopic (exact) mass is 272 g/mol. The number of amides is 1. The molecule has 0 N–H and O–H groups in total. The van der Waals surface area contributed by atoms with Crippen molar-refractivity contribution in [1.82, 2.24) is 4.90 Å². The van der Waals surface area contributed by atoms with Gasteiger partial charge in [-0.1, -0.05) is 47.6 Å². The smallest absolute Gasteiger partial charge is 0.272 e. The number of benzene rings is 1. The Hall–Kier alpha value is -2.10. The largest absolute Gasteiger partial charge is 0.387 e. The summed E-state index contributed by atoms with van der Waals surface area (Å²) in [6, 6.07) is 9.84. The molecule has 1 amide bonds. The third kappa shape index (κ3) is 3.26. The first-order valence-corrected chi connectivity index (χ1v) is 6.83.